The zero-order valence-corrected chi connectivity index (χ0v) is 18.7. The molecule has 0 saturated heterocycles. The lowest BCUT2D eigenvalue weighted by Gasteiger charge is -2.10. The number of hydrogen-bond donors (Lipinski definition) is 0. The Kier molecular flexibility index (Phi) is 6.07. The van der Waals surface area contributed by atoms with Gasteiger partial charge in [-0.25, -0.2) is 9.18 Å². The van der Waals surface area contributed by atoms with Crippen molar-refractivity contribution in [1.82, 2.24) is 0 Å². The predicted octanol–water partition coefficient (Wildman–Crippen LogP) is 5.64. The monoisotopic (exact) mass is 468 g/mol. The maximum absolute atomic E-state index is 14.1. The van der Waals surface area contributed by atoms with Crippen LogP contribution in [0.15, 0.2) is 54.3 Å². The second-order valence-electron chi connectivity index (χ2n) is 7.18. The van der Waals surface area contributed by atoms with E-state index in [-0.39, 0.29) is 33.4 Å². The van der Waals surface area contributed by atoms with Crippen LogP contribution in [0.4, 0.5) is 4.39 Å². The second-order valence-corrected chi connectivity index (χ2v) is 7.59. The molecule has 0 atom stereocenters. The SMILES string of the molecule is COc1cc(OC)cc(C(=O)Oc2cc(C)c3c(c2)O/C(=C\c2c(F)cccc2Cl)C3=O)c1. The van der Waals surface area contributed by atoms with Gasteiger partial charge in [-0.1, -0.05) is 17.7 Å². The van der Waals surface area contributed by atoms with Gasteiger partial charge in [0.25, 0.3) is 0 Å². The summed E-state index contributed by atoms with van der Waals surface area (Å²) >= 11 is 6.06. The maximum Gasteiger partial charge on any atom is 0.343 e. The summed E-state index contributed by atoms with van der Waals surface area (Å²) in [5.41, 5.74) is 1.10. The molecule has 168 valence electrons. The maximum atomic E-state index is 14.1. The fourth-order valence-electron chi connectivity index (χ4n) is 3.41. The summed E-state index contributed by atoms with van der Waals surface area (Å²) < 4.78 is 35.7. The Labute approximate surface area is 194 Å². The Hall–Kier alpha value is -3.84. The van der Waals surface area contributed by atoms with Crippen molar-refractivity contribution in [2.45, 2.75) is 6.92 Å². The molecule has 33 heavy (non-hydrogen) atoms. The molecule has 1 aliphatic heterocycles. The van der Waals surface area contributed by atoms with Crippen LogP contribution >= 0.6 is 11.6 Å². The van der Waals surface area contributed by atoms with E-state index in [4.69, 9.17) is 30.5 Å². The molecule has 1 heterocycles. The number of carbonyl (C=O) groups is 2. The molecule has 0 N–H and O–H groups in total. The third kappa shape index (κ3) is 4.40. The van der Waals surface area contributed by atoms with E-state index in [1.54, 1.807) is 19.1 Å². The fourth-order valence-corrected chi connectivity index (χ4v) is 3.62. The van der Waals surface area contributed by atoms with E-state index < -0.39 is 17.6 Å². The molecular weight excluding hydrogens is 451 g/mol. The van der Waals surface area contributed by atoms with Crippen LogP contribution in [-0.2, 0) is 0 Å². The number of halogens is 2. The highest BCUT2D eigenvalue weighted by Crippen LogP contribution is 2.38. The summed E-state index contributed by atoms with van der Waals surface area (Å²) in [5, 5.41) is 0.148. The lowest BCUT2D eigenvalue weighted by Crippen LogP contribution is -2.09. The number of ketones is 1. The molecule has 6 nitrogen and oxygen atoms in total. The zero-order valence-electron chi connectivity index (χ0n) is 17.9. The zero-order chi connectivity index (χ0) is 23.7. The molecular formula is C25H18ClFO6. The van der Waals surface area contributed by atoms with Gasteiger partial charge in [0.05, 0.1) is 30.4 Å². The van der Waals surface area contributed by atoms with Gasteiger partial charge in [0.15, 0.2) is 5.76 Å². The first-order chi connectivity index (χ1) is 15.8. The van der Waals surface area contributed by atoms with Gasteiger partial charge in [0.1, 0.15) is 28.8 Å². The Morgan fingerprint density at radius 1 is 1.03 bits per heavy atom. The van der Waals surface area contributed by atoms with Gasteiger partial charge in [-0.3, -0.25) is 4.79 Å². The van der Waals surface area contributed by atoms with Crippen molar-refractivity contribution in [3.63, 3.8) is 0 Å². The van der Waals surface area contributed by atoms with Gasteiger partial charge in [-0.15, -0.1) is 0 Å². The number of methoxy groups -OCH3 is 2. The molecule has 0 fully saturated rings. The summed E-state index contributed by atoms with van der Waals surface area (Å²) in [5.74, 6) is -0.491. The summed E-state index contributed by atoms with van der Waals surface area (Å²) in [6, 6.07) is 11.9. The van der Waals surface area contributed by atoms with Crippen LogP contribution in [0.5, 0.6) is 23.0 Å². The highest BCUT2D eigenvalue weighted by Gasteiger charge is 2.31. The third-order valence-electron chi connectivity index (χ3n) is 5.02. The van der Waals surface area contributed by atoms with E-state index in [1.165, 1.54) is 56.7 Å². The van der Waals surface area contributed by atoms with Gasteiger partial charge in [0.2, 0.25) is 5.78 Å². The van der Waals surface area contributed by atoms with Gasteiger partial charge in [0, 0.05) is 17.7 Å². The molecule has 0 radical (unpaired) electrons. The molecule has 0 saturated carbocycles. The Morgan fingerprint density at radius 2 is 1.73 bits per heavy atom. The van der Waals surface area contributed by atoms with E-state index in [9.17, 15) is 14.0 Å². The van der Waals surface area contributed by atoms with Crippen LogP contribution in [0.2, 0.25) is 5.02 Å². The van der Waals surface area contributed by atoms with E-state index in [0.29, 0.717) is 22.6 Å². The van der Waals surface area contributed by atoms with Gasteiger partial charge < -0.3 is 18.9 Å². The first kappa shape index (κ1) is 22.4. The minimum atomic E-state index is -0.648. The van der Waals surface area contributed by atoms with Crippen LogP contribution in [0, 0.1) is 12.7 Å². The number of fused-ring (bicyclic) bond motifs is 1. The quantitative estimate of drug-likeness (QED) is 0.274. The Morgan fingerprint density at radius 3 is 2.36 bits per heavy atom. The van der Waals surface area contributed by atoms with Gasteiger partial charge in [-0.05, 0) is 48.9 Å². The van der Waals surface area contributed by atoms with Crippen molar-refractivity contribution in [3.8, 4) is 23.0 Å². The minimum Gasteiger partial charge on any atom is -0.497 e. The van der Waals surface area contributed by atoms with Crippen molar-refractivity contribution in [1.29, 1.82) is 0 Å². The summed E-state index contributed by atoms with van der Waals surface area (Å²) in [4.78, 5) is 25.5. The van der Waals surface area contributed by atoms with Crippen LogP contribution in [0.1, 0.15) is 31.8 Å². The molecule has 0 aliphatic carbocycles. The number of aryl methyl sites for hydroxylation is 1. The van der Waals surface area contributed by atoms with Crippen LogP contribution in [0.25, 0.3) is 6.08 Å². The molecule has 0 spiro atoms. The number of allylic oxidation sites excluding steroid dienone is 1. The molecule has 3 aromatic carbocycles. The number of ether oxygens (including phenoxy) is 4. The number of carbonyl (C=O) groups excluding carboxylic acids is 2. The molecule has 0 bridgehead atoms. The number of hydrogen-bond acceptors (Lipinski definition) is 6. The first-order valence-corrected chi connectivity index (χ1v) is 10.2. The van der Waals surface area contributed by atoms with Crippen molar-refractivity contribution < 1.29 is 32.9 Å². The minimum absolute atomic E-state index is 0.0478. The van der Waals surface area contributed by atoms with E-state index in [0.717, 1.165) is 0 Å². The average Bonchev–Trinajstić information content (AvgIpc) is 3.11. The second kappa shape index (κ2) is 8.96. The standard InChI is InChI=1S/C25H18ClFO6/c1-13-7-17(32-25(29)14-8-15(30-2)10-16(9-14)31-3)11-21-23(13)24(28)22(33-21)12-18-19(26)5-4-6-20(18)27/h4-12H,1-3H3/b22-12-. The number of esters is 1. The Bertz CT molecular complexity index is 1270. The predicted molar refractivity (Wildman–Crippen MR) is 120 cm³/mol. The molecule has 8 heteroatoms. The number of Topliss-reactive ketones (excluding diaryl/α,β-unsaturated/α-hetero) is 1. The highest BCUT2D eigenvalue weighted by molar-refractivity contribution is 6.32. The molecule has 0 aromatic heterocycles. The molecule has 3 aromatic rings. The van der Waals surface area contributed by atoms with E-state index in [2.05, 4.69) is 0 Å². The molecule has 1 aliphatic rings. The molecule has 0 amide bonds. The van der Waals surface area contributed by atoms with Crippen LogP contribution in [-0.4, -0.2) is 26.0 Å². The Balaban J connectivity index is 1.63. The van der Waals surface area contributed by atoms with E-state index in [1.807, 2.05) is 0 Å². The average molecular weight is 469 g/mol. The first-order valence-electron chi connectivity index (χ1n) is 9.79. The van der Waals surface area contributed by atoms with Crippen LogP contribution in [0.3, 0.4) is 0 Å². The normalized spacial score (nSPS) is 13.5. The van der Waals surface area contributed by atoms with Crippen molar-refractivity contribution in [2.75, 3.05) is 14.2 Å². The lowest BCUT2D eigenvalue weighted by molar-refractivity contribution is 0.0733. The van der Waals surface area contributed by atoms with Gasteiger partial charge in [-0.2, -0.15) is 0 Å². The van der Waals surface area contributed by atoms with Crippen molar-refractivity contribution in [2.24, 2.45) is 0 Å². The molecule has 4 rings (SSSR count). The third-order valence-corrected chi connectivity index (χ3v) is 5.35. The van der Waals surface area contributed by atoms with Crippen molar-refractivity contribution >= 4 is 29.4 Å². The van der Waals surface area contributed by atoms with E-state index >= 15 is 0 Å². The highest BCUT2D eigenvalue weighted by atomic mass is 35.5. The fraction of sp³-hybridized carbons (Fsp3) is 0.120. The summed E-state index contributed by atoms with van der Waals surface area (Å²) in [6.07, 6.45) is 1.26. The van der Waals surface area contributed by atoms with Gasteiger partial charge >= 0.3 is 5.97 Å². The summed E-state index contributed by atoms with van der Waals surface area (Å²) in [6.45, 7) is 1.69. The van der Waals surface area contributed by atoms with Crippen LogP contribution < -0.4 is 18.9 Å². The topological polar surface area (TPSA) is 71.1 Å². The smallest absolute Gasteiger partial charge is 0.343 e. The molecule has 0 unspecified atom stereocenters. The van der Waals surface area contributed by atoms with Crippen molar-refractivity contribution in [3.05, 3.63) is 87.4 Å². The number of rotatable bonds is 5. The lowest BCUT2D eigenvalue weighted by atomic mass is 10.0. The largest absolute Gasteiger partial charge is 0.497 e. The number of benzene rings is 3. The summed E-state index contributed by atoms with van der Waals surface area (Å²) in [7, 11) is 2.95.